The van der Waals surface area contributed by atoms with Gasteiger partial charge < -0.3 is 10.1 Å². The molecule has 1 heterocycles. The van der Waals surface area contributed by atoms with Crippen LogP contribution in [0.3, 0.4) is 0 Å². The molecule has 1 aromatic carbocycles. The van der Waals surface area contributed by atoms with Gasteiger partial charge in [-0.3, -0.25) is 0 Å². The number of thiophene rings is 1. The number of hydrogen-bond acceptors (Lipinski definition) is 3. The van der Waals surface area contributed by atoms with Gasteiger partial charge in [0.2, 0.25) is 0 Å². The van der Waals surface area contributed by atoms with Gasteiger partial charge >= 0.3 is 0 Å². The fourth-order valence-corrected chi connectivity index (χ4v) is 4.19. The van der Waals surface area contributed by atoms with E-state index in [0.29, 0.717) is 6.04 Å². The van der Waals surface area contributed by atoms with Gasteiger partial charge in [0.25, 0.3) is 0 Å². The smallest absolute Gasteiger partial charge is 0.0873 e. The number of benzene rings is 1. The summed E-state index contributed by atoms with van der Waals surface area (Å²) in [6.07, 6.45) is 4.74. The van der Waals surface area contributed by atoms with E-state index in [2.05, 4.69) is 41.9 Å². The van der Waals surface area contributed by atoms with Crippen LogP contribution in [-0.4, -0.2) is 19.3 Å². The third kappa shape index (κ3) is 2.28. The molecule has 1 atom stereocenters. The highest BCUT2D eigenvalue weighted by Crippen LogP contribution is 2.46. The number of hydrogen-bond donors (Lipinski definition) is 1. The molecule has 0 amide bonds. The van der Waals surface area contributed by atoms with Gasteiger partial charge in [-0.05, 0) is 54.6 Å². The highest BCUT2D eigenvalue weighted by molar-refractivity contribution is 7.17. The third-order valence-corrected chi connectivity index (χ3v) is 5.53. The lowest BCUT2D eigenvalue weighted by Gasteiger charge is -2.47. The van der Waals surface area contributed by atoms with Crippen molar-refractivity contribution >= 4 is 21.4 Å². The summed E-state index contributed by atoms with van der Waals surface area (Å²) in [5.41, 5.74) is 1.40. The van der Waals surface area contributed by atoms with E-state index < -0.39 is 0 Å². The molecule has 1 saturated carbocycles. The van der Waals surface area contributed by atoms with Gasteiger partial charge in [-0.2, -0.15) is 0 Å². The zero-order chi connectivity index (χ0) is 14.0. The first kappa shape index (κ1) is 14.1. The SMILES string of the molecule is CCCNC(c1cccc2ccsc12)C1(OC)CCC1. The quantitative estimate of drug-likeness (QED) is 0.844. The van der Waals surface area contributed by atoms with Gasteiger partial charge in [-0.25, -0.2) is 0 Å². The second-order valence-corrected chi connectivity index (χ2v) is 6.61. The highest BCUT2D eigenvalue weighted by Gasteiger charge is 2.45. The van der Waals surface area contributed by atoms with E-state index in [0.717, 1.165) is 25.8 Å². The lowest BCUT2D eigenvalue weighted by atomic mass is 9.72. The third-order valence-electron chi connectivity index (χ3n) is 4.55. The molecule has 0 radical (unpaired) electrons. The van der Waals surface area contributed by atoms with E-state index >= 15 is 0 Å². The highest BCUT2D eigenvalue weighted by atomic mass is 32.1. The van der Waals surface area contributed by atoms with Gasteiger partial charge in [0.15, 0.2) is 0 Å². The van der Waals surface area contributed by atoms with Crippen LogP contribution in [0.5, 0.6) is 0 Å². The van der Waals surface area contributed by atoms with Crippen molar-refractivity contribution < 1.29 is 4.74 Å². The standard InChI is InChI=1S/C17H23NOS/c1-3-11-18-16(17(19-2)9-5-10-17)14-7-4-6-13-8-12-20-15(13)14/h4,6-8,12,16,18H,3,5,9-11H2,1-2H3. The van der Waals surface area contributed by atoms with Crippen molar-refractivity contribution in [2.75, 3.05) is 13.7 Å². The minimum Gasteiger partial charge on any atom is -0.376 e. The molecule has 3 heteroatoms. The number of ether oxygens (including phenoxy) is 1. The van der Waals surface area contributed by atoms with Crippen molar-refractivity contribution in [3.63, 3.8) is 0 Å². The predicted octanol–water partition coefficient (Wildman–Crippen LogP) is 4.51. The zero-order valence-electron chi connectivity index (χ0n) is 12.3. The zero-order valence-corrected chi connectivity index (χ0v) is 13.1. The topological polar surface area (TPSA) is 21.3 Å². The molecule has 1 unspecified atom stereocenters. The van der Waals surface area contributed by atoms with Gasteiger partial charge in [0, 0.05) is 11.8 Å². The molecule has 1 N–H and O–H groups in total. The summed E-state index contributed by atoms with van der Waals surface area (Å²) < 4.78 is 7.36. The van der Waals surface area contributed by atoms with Crippen LogP contribution in [0, 0.1) is 0 Å². The molecule has 0 saturated heterocycles. The lowest BCUT2D eigenvalue weighted by Crippen LogP contribution is -2.50. The minimum absolute atomic E-state index is 0.00650. The molecule has 1 aliphatic rings. The maximum atomic E-state index is 5.95. The first-order valence-electron chi connectivity index (χ1n) is 7.55. The Morgan fingerprint density at radius 1 is 1.35 bits per heavy atom. The number of methoxy groups -OCH3 is 1. The van der Waals surface area contributed by atoms with E-state index in [1.165, 1.54) is 22.1 Å². The average Bonchev–Trinajstić information content (AvgIpc) is 2.90. The predicted molar refractivity (Wildman–Crippen MR) is 86.5 cm³/mol. The molecule has 1 aliphatic carbocycles. The summed E-state index contributed by atoms with van der Waals surface area (Å²) in [6, 6.07) is 9.16. The van der Waals surface area contributed by atoms with Gasteiger partial charge in [0.1, 0.15) is 0 Å². The molecular formula is C17H23NOS. The second kappa shape index (κ2) is 5.84. The molecule has 108 valence electrons. The summed E-state index contributed by atoms with van der Waals surface area (Å²) in [4.78, 5) is 0. The van der Waals surface area contributed by atoms with Crippen LogP contribution in [-0.2, 0) is 4.74 Å². The first-order valence-corrected chi connectivity index (χ1v) is 8.43. The van der Waals surface area contributed by atoms with E-state index in [4.69, 9.17) is 4.74 Å². The van der Waals surface area contributed by atoms with Crippen LogP contribution in [0.25, 0.3) is 10.1 Å². The molecule has 1 fully saturated rings. The van der Waals surface area contributed by atoms with Crippen molar-refractivity contribution in [1.29, 1.82) is 0 Å². The van der Waals surface area contributed by atoms with Crippen molar-refractivity contribution in [2.24, 2.45) is 0 Å². The van der Waals surface area contributed by atoms with Crippen LogP contribution in [0.15, 0.2) is 29.6 Å². The Labute approximate surface area is 125 Å². The average molecular weight is 289 g/mol. The minimum atomic E-state index is -0.00650. The maximum absolute atomic E-state index is 5.95. The Kier molecular flexibility index (Phi) is 4.11. The maximum Gasteiger partial charge on any atom is 0.0873 e. The summed E-state index contributed by atoms with van der Waals surface area (Å²) in [6.45, 7) is 3.26. The molecular weight excluding hydrogens is 266 g/mol. The summed E-state index contributed by atoms with van der Waals surface area (Å²) >= 11 is 1.84. The van der Waals surface area contributed by atoms with E-state index in [1.54, 1.807) is 0 Å². The second-order valence-electron chi connectivity index (χ2n) is 5.70. The van der Waals surface area contributed by atoms with Crippen molar-refractivity contribution in [3.05, 3.63) is 35.2 Å². The fourth-order valence-electron chi connectivity index (χ4n) is 3.25. The summed E-state index contributed by atoms with van der Waals surface area (Å²) in [7, 11) is 1.87. The molecule has 0 spiro atoms. The van der Waals surface area contributed by atoms with E-state index in [9.17, 15) is 0 Å². The fraction of sp³-hybridized carbons (Fsp3) is 0.529. The van der Waals surface area contributed by atoms with Gasteiger partial charge in [-0.15, -0.1) is 11.3 Å². The molecule has 1 aromatic heterocycles. The first-order chi connectivity index (χ1) is 9.80. The Hall–Kier alpha value is -0.900. The number of nitrogens with one attached hydrogen (secondary N) is 1. The molecule has 0 aliphatic heterocycles. The summed E-state index contributed by atoms with van der Waals surface area (Å²) in [5, 5.41) is 7.28. The van der Waals surface area contributed by atoms with Crippen molar-refractivity contribution in [1.82, 2.24) is 5.32 Å². The molecule has 2 aromatic rings. The van der Waals surface area contributed by atoms with Gasteiger partial charge in [0.05, 0.1) is 11.6 Å². The lowest BCUT2D eigenvalue weighted by molar-refractivity contribution is -0.0994. The van der Waals surface area contributed by atoms with E-state index in [-0.39, 0.29) is 5.60 Å². The Morgan fingerprint density at radius 3 is 2.85 bits per heavy atom. The molecule has 3 rings (SSSR count). The largest absolute Gasteiger partial charge is 0.376 e. The summed E-state index contributed by atoms with van der Waals surface area (Å²) in [5.74, 6) is 0. The van der Waals surface area contributed by atoms with Crippen molar-refractivity contribution in [2.45, 2.75) is 44.2 Å². The molecule has 2 nitrogen and oxygen atoms in total. The van der Waals surface area contributed by atoms with Crippen LogP contribution < -0.4 is 5.32 Å². The van der Waals surface area contributed by atoms with Crippen LogP contribution in [0.4, 0.5) is 0 Å². The molecule has 20 heavy (non-hydrogen) atoms. The van der Waals surface area contributed by atoms with Crippen LogP contribution >= 0.6 is 11.3 Å². The number of fused-ring (bicyclic) bond motifs is 1. The van der Waals surface area contributed by atoms with E-state index in [1.807, 2.05) is 18.4 Å². The monoisotopic (exact) mass is 289 g/mol. The number of rotatable bonds is 6. The van der Waals surface area contributed by atoms with Crippen LogP contribution in [0.2, 0.25) is 0 Å². The normalized spacial score (nSPS) is 18.9. The Balaban J connectivity index is 2.02. The Morgan fingerprint density at radius 2 is 2.20 bits per heavy atom. The van der Waals surface area contributed by atoms with Gasteiger partial charge in [-0.1, -0.05) is 25.1 Å². The Bertz CT molecular complexity index is 568. The molecule has 0 bridgehead atoms. The van der Waals surface area contributed by atoms with Crippen molar-refractivity contribution in [3.8, 4) is 0 Å². The van der Waals surface area contributed by atoms with Crippen LogP contribution in [0.1, 0.15) is 44.2 Å².